The van der Waals surface area contributed by atoms with Gasteiger partial charge in [-0.05, 0) is 42.2 Å². The molecule has 4 rings (SSSR count). The lowest BCUT2D eigenvalue weighted by molar-refractivity contribution is -0.118. The molecular formula is C23H28N4O3. The molecule has 0 atom stereocenters. The summed E-state index contributed by atoms with van der Waals surface area (Å²) < 4.78 is 10.8. The summed E-state index contributed by atoms with van der Waals surface area (Å²) in [5, 5.41) is 3.36. The number of hydrogen-bond donors (Lipinski definition) is 1. The predicted octanol–water partition coefficient (Wildman–Crippen LogP) is 2.79. The van der Waals surface area contributed by atoms with E-state index in [1.165, 1.54) is 5.56 Å². The Morgan fingerprint density at radius 1 is 1.20 bits per heavy atom. The van der Waals surface area contributed by atoms with Gasteiger partial charge in [0, 0.05) is 45.8 Å². The SMILES string of the molecule is CN=C(NCCCC(=O)N1CCc2ccccc21)N(C)Cc1ccc2c(c1)OCO2. The normalized spacial score (nSPS) is 14.6. The first-order valence-corrected chi connectivity index (χ1v) is 10.3. The van der Waals surface area contributed by atoms with E-state index < -0.39 is 0 Å². The molecule has 1 N–H and O–H groups in total. The fourth-order valence-corrected chi connectivity index (χ4v) is 3.94. The summed E-state index contributed by atoms with van der Waals surface area (Å²) >= 11 is 0. The lowest BCUT2D eigenvalue weighted by atomic mass is 10.2. The third-order valence-electron chi connectivity index (χ3n) is 5.47. The van der Waals surface area contributed by atoms with Gasteiger partial charge in [-0.25, -0.2) is 0 Å². The number of nitrogens with one attached hydrogen (secondary N) is 1. The Bertz CT molecular complexity index is 944. The molecule has 0 radical (unpaired) electrons. The van der Waals surface area contributed by atoms with Crippen LogP contribution in [0.2, 0.25) is 0 Å². The zero-order valence-electron chi connectivity index (χ0n) is 17.6. The topological polar surface area (TPSA) is 66.4 Å². The fourth-order valence-electron chi connectivity index (χ4n) is 3.94. The van der Waals surface area contributed by atoms with Gasteiger partial charge in [0.15, 0.2) is 17.5 Å². The first kappa shape index (κ1) is 20.1. The largest absolute Gasteiger partial charge is 0.454 e. The summed E-state index contributed by atoms with van der Waals surface area (Å²) in [7, 11) is 3.76. The second kappa shape index (κ2) is 9.07. The molecule has 0 aliphatic carbocycles. The summed E-state index contributed by atoms with van der Waals surface area (Å²) in [5.74, 6) is 2.55. The van der Waals surface area contributed by atoms with Crippen molar-refractivity contribution in [1.29, 1.82) is 0 Å². The Morgan fingerprint density at radius 2 is 2.03 bits per heavy atom. The van der Waals surface area contributed by atoms with Gasteiger partial charge in [0.05, 0.1) is 0 Å². The maximum absolute atomic E-state index is 12.6. The highest BCUT2D eigenvalue weighted by atomic mass is 16.7. The van der Waals surface area contributed by atoms with Gasteiger partial charge in [-0.15, -0.1) is 0 Å². The van der Waals surface area contributed by atoms with E-state index in [1.54, 1.807) is 7.05 Å². The zero-order chi connectivity index (χ0) is 20.9. The number of rotatable bonds is 6. The molecule has 0 fully saturated rings. The molecule has 2 aromatic carbocycles. The van der Waals surface area contributed by atoms with E-state index in [0.29, 0.717) is 19.5 Å². The summed E-state index contributed by atoms with van der Waals surface area (Å²) in [6, 6.07) is 14.1. The minimum Gasteiger partial charge on any atom is -0.454 e. The van der Waals surface area contributed by atoms with Crippen LogP contribution in [0.4, 0.5) is 5.69 Å². The smallest absolute Gasteiger partial charge is 0.231 e. The number of fused-ring (bicyclic) bond motifs is 2. The molecule has 2 aliphatic rings. The minimum absolute atomic E-state index is 0.186. The Balaban J connectivity index is 1.23. The van der Waals surface area contributed by atoms with E-state index in [4.69, 9.17) is 9.47 Å². The second-order valence-electron chi connectivity index (χ2n) is 7.55. The Labute approximate surface area is 177 Å². The molecule has 0 saturated heterocycles. The molecule has 7 heteroatoms. The first-order chi connectivity index (χ1) is 14.7. The van der Waals surface area contributed by atoms with Crippen molar-refractivity contribution in [2.75, 3.05) is 38.9 Å². The maximum Gasteiger partial charge on any atom is 0.231 e. The van der Waals surface area contributed by atoms with Crippen LogP contribution >= 0.6 is 0 Å². The summed E-state index contributed by atoms with van der Waals surface area (Å²) in [4.78, 5) is 21.0. The molecule has 2 heterocycles. The number of ether oxygens (including phenoxy) is 2. The summed E-state index contributed by atoms with van der Waals surface area (Å²) in [5.41, 5.74) is 3.44. The lowest BCUT2D eigenvalue weighted by Crippen LogP contribution is -2.39. The molecule has 7 nitrogen and oxygen atoms in total. The number of para-hydroxylation sites is 1. The molecule has 0 spiro atoms. The average molecular weight is 409 g/mol. The van der Waals surface area contributed by atoms with Crippen LogP contribution in [-0.4, -0.2) is 50.7 Å². The van der Waals surface area contributed by atoms with E-state index in [2.05, 4.69) is 21.3 Å². The van der Waals surface area contributed by atoms with Crippen molar-refractivity contribution in [2.24, 2.45) is 4.99 Å². The van der Waals surface area contributed by atoms with Crippen LogP contribution in [0.15, 0.2) is 47.5 Å². The number of anilines is 1. The summed E-state index contributed by atoms with van der Waals surface area (Å²) in [6.45, 7) is 2.45. The molecule has 2 aromatic rings. The molecule has 0 bridgehead atoms. The van der Waals surface area contributed by atoms with Crippen LogP contribution in [0.1, 0.15) is 24.0 Å². The highest BCUT2D eigenvalue weighted by Crippen LogP contribution is 2.32. The zero-order valence-corrected chi connectivity index (χ0v) is 17.6. The van der Waals surface area contributed by atoms with Crippen LogP contribution in [0.25, 0.3) is 0 Å². The van der Waals surface area contributed by atoms with Crippen molar-refractivity contribution in [1.82, 2.24) is 10.2 Å². The van der Waals surface area contributed by atoms with Crippen LogP contribution < -0.4 is 19.7 Å². The number of guanidine groups is 1. The van der Waals surface area contributed by atoms with Gasteiger partial charge >= 0.3 is 0 Å². The summed E-state index contributed by atoms with van der Waals surface area (Å²) in [6.07, 6.45) is 2.22. The Morgan fingerprint density at radius 3 is 2.90 bits per heavy atom. The number of benzene rings is 2. The maximum atomic E-state index is 12.6. The number of carbonyl (C=O) groups excluding carboxylic acids is 1. The van der Waals surface area contributed by atoms with Crippen molar-refractivity contribution in [2.45, 2.75) is 25.8 Å². The van der Waals surface area contributed by atoms with Gasteiger partial charge in [0.1, 0.15) is 0 Å². The highest BCUT2D eigenvalue weighted by molar-refractivity contribution is 5.95. The monoisotopic (exact) mass is 408 g/mol. The van der Waals surface area contributed by atoms with Crippen molar-refractivity contribution in [3.63, 3.8) is 0 Å². The Hall–Kier alpha value is -3.22. The Kier molecular flexibility index (Phi) is 6.07. The lowest BCUT2D eigenvalue weighted by Gasteiger charge is -2.22. The van der Waals surface area contributed by atoms with E-state index >= 15 is 0 Å². The first-order valence-electron chi connectivity index (χ1n) is 10.3. The average Bonchev–Trinajstić information content (AvgIpc) is 3.40. The van der Waals surface area contributed by atoms with Gasteiger partial charge in [-0.2, -0.15) is 0 Å². The van der Waals surface area contributed by atoms with Crippen LogP contribution in [0.5, 0.6) is 11.5 Å². The molecular weight excluding hydrogens is 380 g/mol. The van der Waals surface area contributed by atoms with E-state index in [1.807, 2.05) is 48.3 Å². The second-order valence-corrected chi connectivity index (χ2v) is 7.55. The molecule has 158 valence electrons. The fraction of sp³-hybridized carbons (Fsp3) is 0.391. The van der Waals surface area contributed by atoms with E-state index in [9.17, 15) is 4.79 Å². The molecule has 30 heavy (non-hydrogen) atoms. The van der Waals surface area contributed by atoms with Gasteiger partial charge in [0.25, 0.3) is 0 Å². The van der Waals surface area contributed by atoms with E-state index in [-0.39, 0.29) is 12.7 Å². The number of hydrogen-bond acceptors (Lipinski definition) is 4. The van der Waals surface area contributed by atoms with Crippen LogP contribution in [0, 0.1) is 0 Å². The van der Waals surface area contributed by atoms with Crippen LogP contribution in [-0.2, 0) is 17.8 Å². The quantitative estimate of drug-likeness (QED) is 0.452. The molecule has 0 unspecified atom stereocenters. The van der Waals surface area contributed by atoms with Gasteiger partial charge in [-0.3, -0.25) is 9.79 Å². The van der Waals surface area contributed by atoms with Gasteiger partial charge in [-0.1, -0.05) is 24.3 Å². The van der Waals surface area contributed by atoms with Gasteiger partial charge in [0.2, 0.25) is 12.7 Å². The number of carbonyl (C=O) groups is 1. The third kappa shape index (κ3) is 4.35. The number of amides is 1. The van der Waals surface area contributed by atoms with Crippen molar-refractivity contribution in [3.05, 3.63) is 53.6 Å². The van der Waals surface area contributed by atoms with Crippen molar-refractivity contribution < 1.29 is 14.3 Å². The van der Waals surface area contributed by atoms with Crippen molar-refractivity contribution in [3.8, 4) is 11.5 Å². The predicted molar refractivity (Wildman–Crippen MR) is 117 cm³/mol. The van der Waals surface area contributed by atoms with Crippen molar-refractivity contribution >= 4 is 17.6 Å². The molecule has 0 saturated carbocycles. The standard InChI is InChI=1S/C23H28N4O3/c1-24-23(26(2)15-17-9-10-20-21(14-17)30-16-29-20)25-12-5-8-22(28)27-13-11-18-6-3-4-7-19(18)27/h3-4,6-7,9-10,14H,5,8,11-13,15-16H2,1-2H3,(H,24,25). The number of nitrogens with zero attached hydrogens (tertiary/aromatic N) is 3. The van der Waals surface area contributed by atoms with E-state index in [0.717, 1.165) is 48.1 Å². The number of aliphatic imine (C=N–C) groups is 1. The highest BCUT2D eigenvalue weighted by Gasteiger charge is 2.23. The third-order valence-corrected chi connectivity index (χ3v) is 5.47. The molecule has 0 aromatic heterocycles. The van der Waals surface area contributed by atoms with Gasteiger partial charge < -0.3 is 24.6 Å². The molecule has 2 aliphatic heterocycles. The molecule has 1 amide bonds. The van der Waals surface area contributed by atoms with Crippen LogP contribution in [0.3, 0.4) is 0 Å². The minimum atomic E-state index is 0.186.